The molecule has 0 fully saturated rings. The van der Waals surface area contributed by atoms with Gasteiger partial charge in [-0.25, -0.2) is 9.13 Å². The van der Waals surface area contributed by atoms with Crippen LogP contribution in [0.4, 0.5) is 0 Å². The molecule has 0 aliphatic heterocycles. The Morgan fingerprint density at radius 1 is 0.274 bits per heavy atom. The summed E-state index contributed by atoms with van der Waals surface area (Å²) in [6.07, 6.45) is 89.6. The van der Waals surface area contributed by atoms with E-state index in [1.807, 2.05) is 0 Å². The summed E-state index contributed by atoms with van der Waals surface area (Å²) in [5, 5.41) is 10.7. The number of hydrogen-bond acceptors (Lipinski definition) is 15. The summed E-state index contributed by atoms with van der Waals surface area (Å²) in [5.74, 6) is -2.24. The van der Waals surface area contributed by atoms with Crippen molar-refractivity contribution in [2.24, 2.45) is 0 Å². The first kappa shape index (κ1) is 101. The quantitative estimate of drug-likeness (QED) is 0.0169. The Hall–Kier alpha value is -5.06. The van der Waals surface area contributed by atoms with E-state index in [-0.39, 0.29) is 25.7 Å². The van der Waals surface area contributed by atoms with E-state index < -0.39 is 97.5 Å². The maximum Gasteiger partial charge on any atom is 0.472 e. The first-order chi connectivity index (χ1) is 51.7. The van der Waals surface area contributed by atoms with Gasteiger partial charge >= 0.3 is 39.5 Å². The molecule has 0 heterocycles. The van der Waals surface area contributed by atoms with Gasteiger partial charge in [0.2, 0.25) is 0 Å². The Bertz CT molecular complexity index is 2580. The zero-order valence-electron chi connectivity index (χ0n) is 66.3. The van der Waals surface area contributed by atoms with Crippen molar-refractivity contribution in [3.63, 3.8) is 0 Å². The van der Waals surface area contributed by atoms with Crippen LogP contribution in [0.25, 0.3) is 0 Å². The summed E-state index contributed by atoms with van der Waals surface area (Å²) in [6.45, 7) is 4.48. The predicted octanol–water partition coefficient (Wildman–Crippen LogP) is 24.2. The fourth-order valence-electron chi connectivity index (χ4n) is 10.6. The molecule has 0 bridgehead atoms. The Labute approximate surface area is 643 Å². The fourth-order valence-corrected chi connectivity index (χ4v) is 12.2. The van der Waals surface area contributed by atoms with Crippen molar-refractivity contribution in [3.8, 4) is 0 Å². The summed E-state index contributed by atoms with van der Waals surface area (Å²) in [6, 6.07) is 0. The van der Waals surface area contributed by atoms with Crippen LogP contribution in [0.15, 0.2) is 146 Å². The van der Waals surface area contributed by atoms with Gasteiger partial charge in [0.25, 0.3) is 0 Å². The van der Waals surface area contributed by atoms with Crippen molar-refractivity contribution in [2.45, 2.75) is 341 Å². The number of aliphatic hydroxyl groups excluding tert-OH is 1. The number of aliphatic hydroxyl groups is 1. The number of phosphoric ester groups is 2. The van der Waals surface area contributed by atoms with E-state index in [4.69, 9.17) is 37.0 Å². The van der Waals surface area contributed by atoms with Crippen molar-refractivity contribution in [3.05, 3.63) is 146 Å². The fraction of sp³-hybridized carbons (Fsp3) is 0.678. The average Bonchev–Trinajstić information content (AvgIpc) is 0.900. The summed E-state index contributed by atoms with van der Waals surface area (Å²) < 4.78 is 68.7. The second-order valence-corrected chi connectivity index (χ2v) is 29.8. The van der Waals surface area contributed by atoms with Gasteiger partial charge in [0.15, 0.2) is 12.2 Å². The number of rotatable bonds is 76. The highest BCUT2D eigenvalue weighted by Gasteiger charge is 2.30. The van der Waals surface area contributed by atoms with Crippen LogP contribution in [0, 0.1) is 0 Å². The molecule has 0 rings (SSSR count). The highest BCUT2D eigenvalue weighted by Crippen LogP contribution is 2.45. The first-order valence-corrected chi connectivity index (χ1v) is 44.1. The summed E-state index contributed by atoms with van der Waals surface area (Å²) >= 11 is 0. The van der Waals surface area contributed by atoms with E-state index in [0.29, 0.717) is 25.7 Å². The molecule has 17 nitrogen and oxygen atoms in total. The van der Waals surface area contributed by atoms with Gasteiger partial charge in [-0.15, -0.1) is 0 Å². The molecule has 19 heteroatoms. The Balaban J connectivity index is 5.40. The zero-order chi connectivity index (χ0) is 77.4. The van der Waals surface area contributed by atoms with Gasteiger partial charge in [0.1, 0.15) is 19.3 Å². The highest BCUT2D eigenvalue weighted by atomic mass is 31.2. The molecule has 606 valence electrons. The van der Waals surface area contributed by atoms with Crippen molar-refractivity contribution >= 4 is 39.5 Å². The van der Waals surface area contributed by atoms with Crippen molar-refractivity contribution < 1.29 is 80.2 Å². The zero-order valence-corrected chi connectivity index (χ0v) is 68.1. The molecule has 0 saturated carbocycles. The van der Waals surface area contributed by atoms with Crippen LogP contribution < -0.4 is 0 Å². The number of phosphoric acid groups is 2. The molecule has 0 aromatic carbocycles. The maximum atomic E-state index is 13.1. The van der Waals surface area contributed by atoms with Gasteiger partial charge in [-0.1, -0.05) is 283 Å². The smallest absolute Gasteiger partial charge is 0.462 e. The highest BCUT2D eigenvalue weighted by molar-refractivity contribution is 7.47. The number of esters is 4. The monoisotopic (exact) mass is 1530 g/mol. The number of unbranched alkanes of at least 4 members (excludes halogenated alkanes) is 26. The lowest BCUT2D eigenvalue weighted by Crippen LogP contribution is -2.30. The molecule has 0 aromatic rings. The topological polar surface area (TPSA) is 237 Å². The molecular weight excluding hydrogens is 1380 g/mol. The molecule has 5 unspecified atom stereocenters. The van der Waals surface area contributed by atoms with Gasteiger partial charge in [-0.2, -0.15) is 0 Å². The van der Waals surface area contributed by atoms with Crippen LogP contribution in [-0.4, -0.2) is 96.7 Å². The molecule has 0 spiro atoms. The largest absolute Gasteiger partial charge is 0.472 e. The molecule has 0 aliphatic rings. The molecule has 0 aromatic heterocycles. The third-order valence-corrected chi connectivity index (χ3v) is 18.7. The minimum atomic E-state index is -4.99. The Kier molecular flexibility index (Phi) is 74.3. The molecule has 3 N–H and O–H groups in total. The van der Waals surface area contributed by atoms with E-state index in [2.05, 4.69) is 174 Å². The van der Waals surface area contributed by atoms with Crippen molar-refractivity contribution in [1.82, 2.24) is 0 Å². The summed E-state index contributed by atoms with van der Waals surface area (Å²) in [4.78, 5) is 73.1. The van der Waals surface area contributed by atoms with Gasteiger partial charge in [0.05, 0.1) is 26.4 Å². The third-order valence-electron chi connectivity index (χ3n) is 16.8. The molecule has 106 heavy (non-hydrogen) atoms. The molecule has 0 saturated heterocycles. The van der Waals surface area contributed by atoms with E-state index in [0.717, 1.165) is 218 Å². The first-order valence-electron chi connectivity index (χ1n) is 41.1. The van der Waals surface area contributed by atoms with E-state index >= 15 is 0 Å². The third kappa shape index (κ3) is 77.1. The minimum absolute atomic E-state index is 0.0738. The number of hydrogen-bond donors (Lipinski definition) is 3. The SMILES string of the molecule is CC/C=C\C/C=C\C/C=C\C/C=C\C/C=C\CCCCCC(=O)OCC(COP(=O)(O)OCC(O)COP(=O)(O)OCC(COC(=O)CCCCCCCCC/C=C\C/C=C\C/C=C\CC)OC(=O)CCCCCCCCC/C=C\C/C=C\C/C=C\CC)OC(=O)CCCCCCC/C=C\CCCCCC. The van der Waals surface area contributed by atoms with Crippen LogP contribution in [0.1, 0.15) is 323 Å². The normalized spacial score (nSPS) is 14.6. The Morgan fingerprint density at radius 3 is 0.774 bits per heavy atom. The molecule has 0 radical (unpaired) electrons. The van der Waals surface area contributed by atoms with Crippen LogP contribution in [-0.2, 0) is 65.4 Å². The van der Waals surface area contributed by atoms with Crippen LogP contribution >= 0.6 is 15.6 Å². The standard InChI is InChI=1S/C87H146O17P2/c1-5-9-13-17-21-25-29-33-36-39-40-43-45-49-52-56-60-64-68-72-85(90)97-77-82(103-86(91)73-69-65-61-57-53-47-32-28-24-20-16-12-8-4)79-101-105(93,94)99-75-81(88)76-100-106(95,96)102-80-83(104-87(92)74-70-66-62-58-54-50-46-42-38-35-31-27-23-19-15-11-7-3)78-98-84(89)71-67-63-59-55-51-48-44-41-37-34-30-26-22-18-14-10-6-2/h9-11,13-15,21-23,25-28,32-38,40,43,49,52,81-83,88H,5-8,12,16-20,24,29-31,39,41-42,44-48,50-51,53-80H2,1-4H3,(H,93,94)(H,95,96)/b13-9-,14-10-,15-11-,25-21-,26-22-,27-23-,32-28-,36-33-,37-34-,38-35-,43-40-,52-49-. The van der Waals surface area contributed by atoms with Crippen LogP contribution in [0.2, 0.25) is 0 Å². The van der Waals surface area contributed by atoms with Gasteiger partial charge in [0, 0.05) is 25.7 Å². The number of ether oxygens (including phenoxy) is 4. The number of carbonyl (C=O) groups excluding carboxylic acids is 4. The Morgan fingerprint density at radius 2 is 0.491 bits per heavy atom. The molecule has 0 aliphatic carbocycles. The number of carbonyl (C=O) groups is 4. The van der Waals surface area contributed by atoms with E-state index in [1.54, 1.807) is 0 Å². The molecule has 5 atom stereocenters. The second kappa shape index (κ2) is 78.1. The second-order valence-electron chi connectivity index (χ2n) is 26.9. The van der Waals surface area contributed by atoms with Crippen LogP contribution in [0.3, 0.4) is 0 Å². The molecular formula is C87H146O17P2. The maximum absolute atomic E-state index is 13.1. The van der Waals surface area contributed by atoms with Crippen LogP contribution in [0.5, 0.6) is 0 Å². The molecule has 0 amide bonds. The lowest BCUT2D eigenvalue weighted by atomic mass is 10.1. The lowest BCUT2D eigenvalue weighted by Gasteiger charge is -2.21. The van der Waals surface area contributed by atoms with E-state index in [9.17, 15) is 43.2 Å². The van der Waals surface area contributed by atoms with Crippen molar-refractivity contribution in [2.75, 3.05) is 39.6 Å². The summed E-state index contributed by atoms with van der Waals surface area (Å²) in [7, 11) is -9.98. The summed E-state index contributed by atoms with van der Waals surface area (Å²) in [5.41, 5.74) is 0. The van der Waals surface area contributed by atoms with Gasteiger partial charge in [-0.05, 0) is 161 Å². The minimum Gasteiger partial charge on any atom is -0.462 e. The predicted molar refractivity (Wildman–Crippen MR) is 436 cm³/mol. The van der Waals surface area contributed by atoms with Gasteiger partial charge < -0.3 is 33.8 Å². The average molecular weight is 1530 g/mol. The van der Waals surface area contributed by atoms with Gasteiger partial charge in [-0.3, -0.25) is 37.3 Å². The van der Waals surface area contributed by atoms with E-state index in [1.165, 1.54) is 25.7 Å². The number of allylic oxidation sites excluding steroid dienone is 24. The van der Waals surface area contributed by atoms with Crippen molar-refractivity contribution in [1.29, 1.82) is 0 Å². The lowest BCUT2D eigenvalue weighted by molar-refractivity contribution is -0.161.